The number of allylic oxidation sites excluding steroid dienone is 1. The van der Waals surface area contributed by atoms with Crippen LogP contribution in [-0.4, -0.2) is 10.9 Å². The summed E-state index contributed by atoms with van der Waals surface area (Å²) in [5.41, 5.74) is 0.448. The van der Waals surface area contributed by atoms with Crippen molar-refractivity contribution in [1.29, 1.82) is 0 Å². The number of amides is 1. The van der Waals surface area contributed by atoms with Crippen molar-refractivity contribution in [3.63, 3.8) is 0 Å². The first-order valence-electron chi connectivity index (χ1n) is 6.15. The van der Waals surface area contributed by atoms with Crippen LogP contribution in [0.1, 0.15) is 33.4 Å². The zero-order chi connectivity index (χ0) is 15.5. The summed E-state index contributed by atoms with van der Waals surface area (Å²) in [5, 5.41) is 2.45. The van der Waals surface area contributed by atoms with Crippen molar-refractivity contribution in [1.82, 2.24) is 4.98 Å². The van der Waals surface area contributed by atoms with Crippen LogP contribution < -0.4 is 5.32 Å². The molecule has 0 fully saturated rings. The number of aromatic nitrogens is 1. The molecule has 0 aromatic carbocycles. The fourth-order valence-electron chi connectivity index (χ4n) is 1.50. The summed E-state index contributed by atoms with van der Waals surface area (Å²) in [4.78, 5) is 15.2. The Labute approximate surface area is 115 Å². The molecule has 0 aliphatic carbocycles. The molecule has 0 atom stereocenters. The average molecular weight is 286 g/mol. The number of hydrogen-bond acceptors (Lipinski definition) is 2. The summed E-state index contributed by atoms with van der Waals surface area (Å²) in [5.74, 6) is -0.209. The number of alkyl halides is 3. The van der Waals surface area contributed by atoms with Gasteiger partial charge in [-0.05, 0) is 31.9 Å². The van der Waals surface area contributed by atoms with E-state index in [9.17, 15) is 18.0 Å². The van der Waals surface area contributed by atoms with Gasteiger partial charge in [-0.1, -0.05) is 19.4 Å². The summed E-state index contributed by atoms with van der Waals surface area (Å²) in [6.07, 6.45) is -3.51. The summed E-state index contributed by atoms with van der Waals surface area (Å²) in [6.45, 7) is 7.37. The molecule has 0 aliphatic heterocycles. The predicted octanol–water partition coefficient (Wildman–Crippen LogP) is 4.03. The van der Waals surface area contributed by atoms with E-state index in [1.807, 2.05) is 20.8 Å². The molecule has 0 radical (unpaired) electrons. The number of pyridine rings is 1. The van der Waals surface area contributed by atoms with Crippen molar-refractivity contribution in [2.24, 2.45) is 5.92 Å². The van der Waals surface area contributed by atoms with E-state index in [-0.39, 0.29) is 11.6 Å². The van der Waals surface area contributed by atoms with Gasteiger partial charge in [0.25, 0.3) is 5.91 Å². The van der Waals surface area contributed by atoms with Crippen LogP contribution in [0.5, 0.6) is 0 Å². The number of hydrogen-bond donors (Lipinski definition) is 1. The van der Waals surface area contributed by atoms with E-state index in [1.54, 1.807) is 6.92 Å². The Hall–Kier alpha value is -1.85. The molecule has 110 valence electrons. The van der Waals surface area contributed by atoms with E-state index in [0.29, 0.717) is 5.57 Å². The van der Waals surface area contributed by atoms with Crippen LogP contribution in [0.2, 0.25) is 0 Å². The summed E-state index contributed by atoms with van der Waals surface area (Å²) in [6, 6.07) is 2.14. The third kappa shape index (κ3) is 4.08. The fourth-order valence-corrected chi connectivity index (χ4v) is 1.50. The van der Waals surface area contributed by atoms with Gasteiger partial charge in [0.15, 0.2) is 0 Å². The number of nitrogens with zero attached hydrogens (tertiary/aromatic N) is 1. The van der Waals surface area contributed by atoms with Gasteiger partial charge < -0.3 is 5.32 Å². The molecule has 0 unspecified atom stereocenters. The van der Waals surface area contributed by atoms with E-state index in [4.69, 9.17) is 0 Å². The second-order valence-electron chi connectivity index (χ2n) is 4.84. The summed E-state index contributed by atoms with van der Waals surface area (Å²) in [7, 11) is 0. The number of anilines is 1. The van der Waals surface area contributed by atoms with Crippen LogP contribution in [0.3, 0.4) is 0 Å². The summed E-state index contributed by atoms with van der Waals surface area (Å²) >= 11 is 0. The molecule has 1 aromatic rings. The molecule has 3 nitrogen and oxygen atoms in total. The molecular formula is C14H17F3N2O. The number of rotatable bonds is 3. The molecule has 1 amide bonds. The third-order valence-corrected chi connectivity index (χ3v) is 3.11. The van der Waals surface area contributed by atoms with Crippen LogP contribution >= 0.6 is 0 Å². The van der Waals surface area contributed by atoms with Crippen molar-refractivity contribution in [2.45, 2.75) is 33.9 Å². The normalized spacial score (nSPS) is 13.2. The monoisotopic (exact) mass is 286 g/mol. The van der Waals surface area contributed by atoms with Gasteiger partial charge in [0, 0.05) is 17.5 Å². The Morgan fingerprint density at radius 1 is 1.30 bits per heavy atom. The second kappa shape index (κ2) is 6.07. The molecule has 6 heteroatoms. The van der Waals surface area contributed by atoms with E-state index in [2.05, 4.69) is 10.3 Å². The van der Waals surface area contributed by atoms with Crippen molar-refractivity contribution in [3.8, 4) is 0 Å². The lowest BCUT2D eigenvalue weighted by Crippen LogP contribution is -2.16. The standard InChI is InChI=1S/C14H17F3N2O/c1-8(2)9(3)10(4)13(20)19-11-5-6-18-12(7-11)14(15,16)17/h5-8H,1-4H3,(H,18,19,20)/b10-9-. The van der Waals surface area contributed by atoms with Gasteiger partial charge in [0.05, 0.1) is 0 Å². The quantitative estimate of drug-likeness (QED) is 0.852. The van der Waals surface area contributed by atoms with Gasteiger partial charge in [-0.15, -0.1) is 0 Å². The topological polar surface area (TPSA) is 42.0 Å². The minimum Gasteiger partial charge on any atom is -0.322 e. The molecule has 1 N–H and O–H groups in total. The SMILES string of the molecule is C/C(C(=O)Nc1ccnc(C(F)(F)F)c1)=C(\C)C(C)C. The maximum Gasteiger partial charge on any atom is 0.433 e. The van der Waals surface area contributed by atoms with Crippen molar-refractivity contribution < 1.29 is 18.0 Å². The number of carbonyl (C=O) groups excluding carboxylic acids is 1. The van der Waals surface area contributed by atoms with Gasteiger partial charge in [-0.2, -0.15) is 13.2 Å². The van der Waals surface area contributed by atoms with Gasteiger partial charge >= 0.3 is 6.18 Å². The molecular weight excluding hydrogens is 269 g/mol. The molecule has 1 heterocycles. The minimum atomic E-state index is -4.53. The maximum absolute atomic E-state index is 12.5. The predicted molar refractivity (Wildman–Crippen MR) is 71.1 cm³/mol. The highest BCUT2D eigenvalue weighted by atomic mass is 19.4. The fraction of sp³-hybridized carbons (Fsp3) is 0.429. The molecule has 0 saturated carbocycles. The van der Waals surface area contributed by atoms with Crippen molar-refractivity contribution >= 4 is 11.6 Å². The van der Waals surface area contributed by atoms with Crippen molar-refractivity contribution in [2.75, 3.05) is 5.32 Å². The molecule has 0 saturated heterocycles. The van der Waals surface area contributed by atoms with Crippen LogP contribution in [0.4, 0.5) is 18.9 Å². The number of nitrogens with one attached hydrogen (secondary N) is 1. The van der Waals surface area contributed by atoms with E-state index < -0.39 is 17.8 Å². The van der Waals surface area contributed by atoms with Crippen molar-refractivity contribution in [3.05, 3.63) is 35.2 Å². The Kier molecular flexibility index (Phi) is 4.92. The Balaban J connectivity index is 2.95. The second-order valence-corrected chi connectivity index (χ2v) is 4.84. The largest absolute Gasteiger partial charge is 0.433 e. The lowest BCUT2D eigenvalue weighted by Gasteiger charge is -2.12. The van der Waals surface area contributed by atoms with E-state index in [1.165, 1.54) is 6.07 Å². The zero-order valence-electron chi connectivity index (χ0n) is 11.8. The van der Waals surface area contributed by atoms with E-state index >= 15 is 0 Å². The Morgan fingerprint density at radius 3 is 2.40 bits per heavy atom. The number of carbonyl (C=O) groups is 1. The first kappa shape index (κ1) is 16.2. The Bertz CT molecular complexity index is 533. The van der Waals surface area contributed by atoms with Crippen LogP contribution in [0.15, 0.2) is 29.5 Å². The molecule has 0 spiro atoms. The third-order valence-electron chi connectivity index (χ3n) is 3.11. The van der Waals surface area contributed by atoms with Crippen LogP contribution in [-0.2, 0) is 11.0 Å². The van der Waals surface area contributed by atoms with Gasteiger partial charge in [0.1, 0.15) is 5.69 Å². The lowest BCUT2D eigenvalue weighted by atomic mass is 9.99. The molecule has 0 aliphatic rings. The highest BCUT2D eigenvalue weighted by Crippen LogP contribution is 2.29. The molecule has 20 heavy (non-hydrogen) atoms. The zero-order valence-corrected chi connectivity index (χ0v) is 11.8. The summed E-state index contributed by atoms with van der Waals surface area (Å²) < 4.78 is 37.5. The van der Waals surface area contributed by atoms with Gasteiger partial charge in [0.2, 0.25) is 0 Å². The first-order valence-corrected chi connectivity index (χ1v) is 6.15. The molecule has 1 rings (SSSR count). The lowest BCUT2D eigenvalue weighted by molar-refractivity contribution is -0.141. The number of halogens is 3. The van der Waals surface area contributed by atoms with Crippen LogP contribution in [0.25, 0.3) is 0 Å². The minimum absolute atomic E-state index is 0.0771. The first-order chi connectivity index (χ1) is 9.12. The molecule has 1 aromatic heterocycles. The Morgan fingerprint density at radius 2 is 1.90 bits per heavy atom. The van der Waals surface area contributed by atoms with Crippen LogP contribution in [0, 0.1) is 5.92 Å². The van der Waals surface area contributed by atoms with E-state index in [0.717, 1.165) is 17.8 Å². The van der Waals surface area contributed by atoms with Gasteiger partial charge in [-0.3, -0.25) is 9.78 Å². The smallest absolute Gasteiger partial charge is 0.322 e. The highest BCUT2D eigenvalue weighted by Gasteiger charge is 2.32. The maximum atomic E-state index is 12.5. The average Bonchev–Trinajstić information content (AvgIpc) is 2.36. The highest BCUT2D eigenvalue weighted by molar-refractivity contribution is 6.03. The molecule has 0 bridgehead atoms. The van der Waals surface area contributed by atoms with Gasteiger partial charge in [-0.25, -0.2) is 0 Å².